The maximum atomic E-state index is 14.9. The summed E-state index contributed by atoms with van der Waals surface area (Å²) in [6.07, 6.45) is 15.2. The molecule has 7 nitrogen and oxygen atoms in total. The van der Waals surface area contributed by atoms with E-state index in [9.17, 15) is 19.8 Å². The molecule has 0 aliphatic heterocycles. The number of carbonyl (C=O) groups excluding carboxylic acids is 2. The molecule has 9 aliphatic carbocycles. The number of methoxy groups -OCH3 is 1. The number of hydrogen-bond acceptors (Lipinski definition) is 6. The van der Waals surface area contributed by atoms with Gasteiger partial charge in [0.2, 0.25) is 0 Å². The summed E-state index contributed by atoms with van der Waals surface area (Å²) in [5, 5.41) is 24.1. The van der Waals surface area contributed by atoms with Crippen LogP contribution in [0.25, 0.3) is 0 Å². The van der Waals surface area contributed by atoms with Crippen molar-refractivity contribution in [3.8, 4) is 5.75 Å². The number of amides is 1. The van der Waals surface area contributed by atoms with Crippen LogP contribution in [-0.4, -0.2) is 65.5 Å². The van der Waals surface area contributed by atoms with Crippen molar-refractivity contribution < 1.29 is 29.3 Å². The van der Waals surface area contributed by atoms with Crippen LogP contribution in [-0.2, 0) is 4.74 Å². The Morgan fingerprint density at radius 2 is 1.62 bits per heavy atom. The molecule has 4 bridgehead atoms. The van der Waals surface area contributed by atoms with Crippen LogP contribution in [0, 0.1) is 56.7 Å². The van der Waals surface area contributed by atoms with E-state index in [1.54, 1.807) is 7.11 Å². The van der Waals surface area contributed by atoms with Gasteiger partial charge in [-0.25, -0.2) is 4.79 Å². The average Bonchev–Trinajstić information content (AvgIpc) is 3.37. The Labute approximate surface area is 298 Å². The van der Waals surface area contributed by atoms with E-state index in [4.69, 9.17) is 9.47 Å². The number of benzene rings is 1. The number of Topliss-reactive ketones (excluding diaryl/α,β-unsaturated/α-hetero) is 1. The average molecular weight is 686 g/mol. The van der Waals surface area contributed by atoms with Crippen LogP contribution in [0.5, 0.6) is 5.75 Å². The molecule has 2 N–H and O–H groups in total. The van der Waals surface area contributed by atoms with E-state index in [2.05, 4.69) is 45.9 Å². The molecule has 11 unspecified atom stereocenters. The summed E-state index contributed by atoms with van der Waals surface area (Å²) in [7, 11) is 1.63. The van der Waals surface area contributed by atoms with Gasteiger partial charge in [0.25, 0.3) is 0 Å². The Morgan fingerprint density at radius 1 is 0.920 bits per heavy atom. The number of carbonyl (C=O) groups is 2. The minimum atomic E-state index is -1.12. The van der Waals surface area contributed by atoms with Crippen molar-refractivity contribution in [2.45, 2.75) is 111 Å². The molecule has 1 aromatic rings. The smallest absolute Gasteiger partial charge is 0.409 e. The highest BCUT2D eigenvalue weighted by Gasteiger charge is 2.74. The molecule has 9 aliphatic rings. The highest BCUT2D eigenvalue weighted by atomic mass is 16.6. The van der Waals surface area contributed by atoms with Crippen molar-refractivity contribution in [1.29, 1.82) is 0 Å². The first kappa shape index (κ1) is 34.4. The third kappa shape index (κ3) is 4.47. The summed E-state index contributed by atoms with van der Waals surface area (Å²) in [6.45, 7) is 12.5. The molecule has 50 heavy (non-hydrogen) atoms. The van der Waals surface area contributed by atoms with Crippen molar-refractivity contribution in [2.75, 3.05) is 26.8 Å². The van der Waals surface area contributed by atoms with Gasteiger partial charge in [-0.1, -0.05) is 45.9 Å². The van der Waals surface area contributed by atoms with Crippen molar-refractivity contribution >= 4 is 11.9 Å². The number of fused-ring (bicyclic) bond motifs is 3. The molecule has 0 heterocycles. The van der Waals surface area contributed by atoms with E-state index in [0.29, 0.717) is 54.6 Å². The standard InChI is InChI=1S/C43H59NO6/c1-7-50-37(47)44(25-28-8-11-29-22-32(28)38(29,2)3)26-42(48)19-16-35-40(42,5)18-15-34-39(4)17-14-30(45)23-41(39)20-21-43(34,35)33(24-41)36(46)27-9-12-31(49-6)13-10-27/h9-10,12-13,20-21,24,28-30,32,34-35,45,48H,7-8,11,14-19,22-23,25-26H2,1-6H3. The molecular formula is C43H59NO6. The first-order chi connectivity index (χ1) is 23.7. The number of aliphatic hydroxyl groups excluding tert-OH is 1. The van der Waals surface area contributed by atoms with E-state index < -0.39 is 22.5 Å². The van der Waals surface area contributed by atoms with Gasteiger partial charge in [0.05, 0.1) is 32.0 Å². The lowest BCUT2D eigenvalue weighted by Gasteiger charge is -2.71. The van der Waals surface area contributed by atoms with Crippen LogP contribution in [0.1, 0.15) is 109 Å². The molecule has 2 spiro atoms. The number of nitrogens with zero attached hydrogens (tertiary/aromatic N) is 1. The van der Waals surface area contributed by atoms with Crippen LogP contribution in [0.15, 0.2) is 48.1 Å². The van der Waals surface area contributed by atoms with Gasteiger partial charge in [0, 0.05) is 33.9 Å². The van der Waals surface area contributed by atoms with Crippen molar-refractivity contribution in [2.24, 2.45) is 56.7 Å². The predicted molar refractivity (Wildman–Crippen MR) is 193 cm³/mol. The van der Waals surface area contributed by atoms with Gasteiger partial charge in [-0.3, -0.25) is 4.79 Å². The van der Waals surface area contributed by atoms with Gasteiger partial charge in [-0.2, -0.15) is 0 Å². The summed E-state index contributed by atoms with van der Waals surface area (Å²) in [4.78, 5) is 30.4. The second kappa shape index (κ2) is 11.4. The largest absolute Gasteiger partial charge is 0.497 e. The molecule has 0 aromatic heterocycles. The number of hydrogen-bond donors (Lipinski definition) is 2. The number of rotatable bonds is 8. The number of aliphatic hydroxyl groups is 2. The molecule has 10 rings (SSSR count). The quantitative estimate of drug-likeness (QED) is 0.213. The molecule has 1 aromatic carbocycles. The molecule has 6 fully saturated rings. The zero-order valence-corrected chi connectivity index (χ0v) is 31.2. The van der Waals surface area contributed by atoms with Crippen LogP contribution in [0.3, 0.4) is 0 Å². The molecule has 272 valence electrons. The van der Waals surface area contributed by atoms with Gasteiger partial charge in [-0.15, -0.1) is 0 Å². The second-order valence-electron chi connectivity index (χ2n) is 18.6. The molecule has 11 atom stereocenters. The van der Waals surface area contributed by atoms with Crippen LogP contribution < -0.4 is 4.74 Å². The third-order valence-electron chi connectivity index (χ3n) is 16.7. The topological polar surface area (TPSA) is 96.3 Å². The van der Waals surface area contributed by atoms with Gasteiger partial charge in [0.15, 0.2) is 5.78 Å². The molecule has 7 heteroatoms. The fraction of sp³-hybridized carbons (Fsp3) is 0.721. The SMILES string of the molecule is CCOC(=O)N(CC1CCC2CC1C2(C)C)CC1(O)CCC2C34C=CC5(C=C3C(=O)c3ccc(OC)cc3)CC(O)CCC5(C)C4CCC21C. The fourth-order valence-corrected chi connectivity index (χ4v) is 13.7. The Bertz CT molecular complexity index is 1610. The fourth-order valence-electron chi connectivity index (χ4n) is 13.7. The normalized spacial score (nSPS) is 44.6. The minimum absolute atomic E-state index is 0.0236. The summed E-state index contributed by atoms with van der Waals surface area (Å²) in [6, 6.07) is 7.45. The van der Waals surface area contributed by atoms with Crippen molar-refractivity contribution in [3.05, 3.63) is 53.6 Å². The Kier molecular flexibility index (Phi) is 7.87. The van der Waals surface area contributed by atoms with E-state index in [1.807, 2.05) is 36.1 Å². The van der Waals surface area contributed by atoms with Crippen LogP contribution in [0.4, 0.5) is 4.79 Å². The maximum Gasteiger partial charge on any atom is 0.409 e. The number of ether oxygens (including phenoxy) is 2. The Balaban J connectivity index is 1.17. The molecule has 1 amide bonds. The summed E-state index contributed by atoms with van der Waals surface area (Å²) in [5.74, 6) is 2.77. The number of allylic oxidation sites excluding steroid dienone is 4. The highest BCUT2D eigenvalue weighted by Crippen LogP contribution is 2.78. The number of ketones is 1. The summed E-state index contributed by atoms with van der Waals surface area (Å²) in [5.41, 5.74) is -0.880. The van der Waals surface area contributed by atoms with E-state index in [1.165, 1.54) is 12.8 Å². The zero-order valence-electron chi connectivity index (χ0n) is 31.2. The summed E-state index contributed by atoms with van der Waals surface area (Å²) >= 11 is 0. The molecule has 0 saturated heterocycles. The minimum Gasteiger partial charge on any atom is -0.497 e. The third-order valence-corrected chi connectivity index (χ3v) is 16.7. The lowest BCUT2D eigenvalue weighted by molar-refractivity contribution is -0.176. The molecular weight excluding hydrogens is 626 g/mol. The van der Waals surface area contributed by atoms with Gasteiger partial charge >= 0.3 is 6.09 Å². The first-order valence-corrected chi connectivity index (χ1v) is 19.6. The van der Waals surface area contributed by atoms with Crippen LogP contribution >= 0.6 is 0 Å². The predicted octanol–water partition coefficient (Wildman–Crippen LogP) is 8.00. The summed E-state index contributed by atoms with van der Waals surface area (Å²) < 4.78 is 11.1. The van der Waals surface area contributed by atoms with Crippen molar-refractivity contribution in [1.82, 2.24) is 4.90 Å². The highest BCUT2D eigenvalue weighted by molar-refractivity contribution is 6.10. The van der Waals surface area contributed by atoms with E-state index >= 15 is 0 Å². The second-order valence-corrected chi connectivity index (χ2v) is 18.6. The van der Waals surface area contributed by atoms with E-state index in [0.717, 1.165) is 50.0 Å². The Hall–Kier alpha value is -2.64. The lowest BCUT2D eigenvalue weighted by atomic mass is 9.32. The van der Waals surface area contributed by atoms with Gasteiger partial charge in [-0.05, 0) is 136 Å². The van der Waals surface area contributed by atoms with Gasteiger partial charge < -0.3 is 24.6 Å². The molecule has 0 radical (unpaired) electrons. The zero-order chi connectivity index (χ0) is 35.5. The maximum absolute atomic E-state index is 14.9. The van der Waals surface area contributed by atoms with Crippen LogP contribution in [0.2, 0.25) is 0 Å². The Morgan fingerprint density at radius 3 is 2.30 bits per heavy atom. The van der Waals surface area contributed by atoms with E-state index in [-0.39, 0.29) is 41.1 Å². The monoisotopic (exact) mass is 685 g/mol. The first-order valence-electron chi connectivity index (χ1n) is 19.6. The van der Waals surface area contributed by atoms with Crippen molar-refractivity contribution in [3.63, 3.8) is 0 Å². The van der Waals surface area contributed by atoms with Gasteiger partial charge in [0.1, 0.15) is 5.75 Å². The lowest BCUT2D eigenvalue weighted by Crippen LogP contribution is -2.67. The molecule has 6 saturated carbocycles.